The topological polar surface area (TPSA) is 69.5 Å². The lowest BCUT2D eigenvalue weighted by Gasteiger charge is -2.41. The second-order valence-electron chi connectivity index (χ2n) is 5.62. The van der Waals surface area contributed by atoms with E-state index < -0.39 is 18.8 Å². The molecule has 1 amide bonds. The third-order valence-corrected chi connectivity index (χ3v) is 4.26. The van der Waals surface area contributed by atoms with Crippen molar-refractivity contribution in [3.05, 3.63) is 30.0 Å². The number of aromatic nitrogens is 3. The molecular weight excluding hydrogens is 292 g/mol. The molecule has 1 N–H and O–H groups in total. The summed E-state index contributed by atoms with van der Waals surface area (Å²) in [6.45, 7) is 4.96. The van der Waals surface area contributed by atoms with Gasteiger partial charge in [0.15, 0.2) is 0 Å². The first kappa shape index (κ1) is 11.0. The van der Waals surface area contributed by atoms with Crippen LogP contribution in [-0.4, -0.2) is 58.5 Å². The number of nitrogens with one attached hydrogen (secondary N) is 1. The van der Waals surface area contributed by atoms with Gasteiger partial charge in [-0.25, -0.2) is 16.5 Å². The number of hydrogen-bond donors (Lipinski definition) is 1. The van der Waals surface area contributed by atoms with Crippen LogP contribution in [0.25, 0.3) is 15.9 Å². The van der Waals surface area contributed by atoms with Crippen molar-refractivity contribution in [1.29, 1.82) is 0 Å². The zero-order valence-corrected chi connectivity index (χ0v) is 12.8. The van der Waals surface area contributed by atoms with E-state index in [1.807, 2.05) is 0 Å². The molecule has 1 saturated heterocycles. The summed E-state index contributed by atoms with van der Waals surface area (Å²) in [6.07, 6.45) is 1.82. The molecule has 2 aromatic heterocycles. The van der Waals surface area contributed by atoms with Gasteiger partial charge in [-0.15, -0.1) is 0 Å². The van der Waals surface area contributed by atoms with Crippen molar-refractivity contribution in [2.75, 3.05) is 31.6 Å². The number of likely N-dealkylation sites (N-methyl/N-ethyl adjacent to an activating group) is 1. The fraction of sp³-hybridized carbons (Fsp3) is 0.500. The van der Waals surface area contributed by atoms with Crippen molar-refractivity contribution in [2.45, 2.75) is 19.3 Å². The lowest BCUT2D eigenvalue weighted by atomic mass is 9.92. The Balaban J connectivity index is 1.98. The maximum absolute atomic E-state index is 12.2. The van der Waals surface area contributed by atoms with Crippen molar-refractivity contribution in [1.82, 2.24) is 19.9 Å². The van der Waals surface area contributed by atoms with Crippen molar-refractivity contribution >= 4 is 22.8 Å². The maximum atomic E-state index is 12.2. The fourth-order valence-corrected chi connectivity index (χ4v) is 2.96. The molecule has 1 aliphatic rings. The fourth-order valence-electron chi connectivity index (χ4n) is 2.96. The van der Waals surface area contributed by atoms with Crippen LogP contribution in [0.2, 0.25) is 0 Å². The molecule has 0 radical (unpaired) electrons. The molecule has 3 rings (SSSR count). The molecule has 0 aromatic carbocycles. The Morgan fingerprint density at radius 3 is 3.35 bits per heavy atom. The third-order valence-electron chi connectivity index (χ3n) is 4.26. The van der Waals surface area contributed by atoms with Gasteiger partial charge in [0.1, 0.15) is 19.1 Å². The first-order chi connectivity index (χ1) is 12.7. The highest BCUT2D eigenvalue weighted by Gasteiger charge is 2.33. The molecule has 2 atom stereocenters. The number of hydrogen-bond acceptors (Lipinski definition) is 4. The number of carbonyl (C=O) groups excluding carboxylic acids is 1. The number of nitrogens with zero attached hydrogens (tertiary/aromatic N) is 5. The first-order valence-corrected chi connectivity index (χ1v) is 7.38. The van der Waals surface area contributed by atoms with Crippen LogP contribution in [0, 0.1) is 12.5 Å². The second kappa shape index (κ2) is 6.24. The Kier molecular flexibility index (Phi) is 2.99. The van der Waals surface area contributed by atoms with Crippen molar-refractivity contribution < 1.29 is 10.3 Å². The highest BCUT2D eigenvalue weighted by molar-refractivity contribution is 5.87. The Morgan fingerprint density at radius 2 is 2.57 bits per heavy atom. The zero-order valence-electron chi connectivity index (χ0n) is 16.8. The Morgan fingerprint density at radius 1 is 1.70 bits per heavy atom. The number of amides is 1. The Hall–Kier alpha value is -2.62. The SMILES string of the molecule is [2H]c1nc(N(C)[C@H]2CN(C(=O)C[N+]#[C-])CC[C@H]2C([2H])([2H])[2H])c2cc[nH]c2n1. The van der Waals surface area contributed by atoms with E-state index in [0.29, 0.717) is 29.8 Å². The summed E-state index contributed by atoms with van der Waals surface area (Å²) < 4.78 is 31.6. The van der Waals surface area contributed by atoms with Gasteiger partial charge in [-0.1, -0.05) is 6.85 Å². The summed E-state index contributed by atoms with van der Waals surface area (Å²) in [7, 11) is 1.72. The van der Waals surface area contributed by atoms with E-state index in [1.165, 1.54) is 0 Å². The number of anilines is 1. The monoisotopic (exact) mass is 316 g/mol. The summed E-state index contributed by atoms with van der Waals surface area (Å²) in [5.41, 5.74) is 0.499. The minimum Gasteiger partial charge on any atom is -0.354 e. The number of piperidine rings is 1. The number of likely N-dealkylation sites (tertiary alicyclic amines) is 1. The highest BCUT2D eigenvalue weighted by Crippen LogP contribution is 2.28. The number of rotatable bonds is 3. The lowest BCUT2D eigenvalue weighted by molar-refractivity contribution is -0.130. The Labute approximate surface area is 140 Å². The molecular formula is C16H20N6O. The first-order valence-electron chi connectivity index (χ1n) is 9.38. The van der Waals surface area contributed by atoms with Crippen LogP contribution in [0.1, 0.15) is 18.8 Å². The van der Waals surface area contributed by atoms with Gasteiger partial charge < -0.3 is 19.6 Å². The van der Waals surface area contributed by atoms with Crippen LogP contribution < -0.4 is 4.90 Å². The minimum absolute atomic E-state index is 0.172. The van der Waals surface area contributed by atoms with Gasteiger partial charge in [0.05, 0.1) is 11.4 Å². The molecule has 0 spiro atoms. The number of carbonyl (C=O) groups is 1. The van der Waals surface area contributed by atoms with E-state index in [9.17, 15) is 4.79 Å². The number of fused-ring (bicyclic) bond motifs is 1. The summed E-state index contributed by atoms with van der Waals surface area (Å²) in [5.74, 6) is -0.509. The standard InChI is InChI=1S/C16H20N6O/c1-11-5-7-22(14(23)8-17-2)9-13(11)21(3)16-12-4-6-18-15(12)19-10-20-16/h4,6,10-11,13H,5,7-9H2,1,3H3,(H,18,19,20)/t11-,13+/m1/s1/i1D3,10D. The molecule has 1 fully saturated rings. The van der Waals surface area contributed by atoms with Crippen LogP contribution in [0.5, 0.6) is 0 Å². The largest absolute Gasteiger partial charge is 0.354 e. The summed E-state index contributed by atoms with van der Waals surface area (Å²) in [5, 5.41) is 0.683. The van der Waals surface area contributed by atoms with Crippen molar-refractivity contribution in [3.63, 3.8) is 0 Å². The van der Waals surface area contributed by atoms with Gasteiger partial charge in [0.2, 0.25) is 0 Å². The Bertz CT molecular complexity index is 889. The van der Waals surface area contributed by atoms with Gasteiger partial charge >= 0.3 is 5.91 Å². The predicted octanol–water partition coefficient (Wildman–Crippen LogP) is 1.55. The van der Waals surface area contributed by atoms with Crippen LogP contribution in [0.15, 0.2) is 18.6 Å². The maximum Gasteiger partial charge on any atom is 0.302 e. The minimum atomic E-state index is -2.19. The van der Waals surface area contributed by atoms with E-state index >= 15 is 0 Å². The third kappa shape index (κ3) is 2.84. The summed E-state index contributed by atoms with van der Waals surface area (Å²) in [4.78, 5) is 29.7. The van der Waals surface area contributed by atoms with Crippen LogP contribution in [-0.2, 0) is 4.79 Å². The normalized spacial score (nSPS) is 24.3. The lowest BCUT2D eigenvalue weighted by Crippen LogP contribution is -2.53. The molecule has 23 heavy (non-hydrogen) atoms. The quantitative estimate of drug-likeness (QED) is 0.872. The molecule has 0 aliphatic carbocycles. The van der Waals surface area contributed by atoms with Gasteiger partial charge in [0.25, 0.3) is 6.54 Å². The smallest absolute Gasteiger partial charge is 0.302 e. The van der Waals surface area contributed by atoms with Gasteiger partial charge in [0, 0.05) is 30.4 Å². The summed E-state index contributed by atoms with van der Waals surface area (Å²) in [6, 6.07) is 1.25. The number of H-pyrrole nitrogens is 1. The average Bonchev–Trinajstić information content (AvgIpc) is 3.07. The molecule has 7 heteroatoms. The average molecular weight is 316 g/mol. The molecule has 7 nitrogen and oxygen atoms in total. The van der Waals surface area contributed by atoms with Crippen LogP contribution in [0.3, 0.4) is 0 Å². The second-order valence-corrected chi connectivity index (χ2v) is 5.62. The van der Waals surface area contributed by atoms with Crippen LogP contribution >= 0.6 is 0 Å². The molecule has 3 heterocycles. The molecule has 0 unspecified atom stereocenters. The zero-order chi connectivity index (χ0) is 19.8. The van der Waals surface area contributed by atoms with Crippen molar-refractivity contribution in [3.8, 4) is 0 Å². The van der Waals surface area contributed by atoms with E-state index in [-0.39, 0.29) is 25.3 Å². The van der Waals surface area contributed by atoms with E-state index in [4.69, 9.17) is 12.1 Å². The summed E-state index contributed by atoms with van der Waals surface area (Å²) >= 11 is 0. The van der Waals surface area contributed by atoms with E-state index in [2.05, 4.69) is 19.8 Å². The molecule has 120 valence electrons. The van der Waals surface area contributed by atoms with Gasteiger partial charge in [-0.05, 0) is 18.4 Å². The number of aromatic amines is 1. The molecule has 0 bridgehead atoms. The van der Waals surface area contributed by atoms with E-state index in [1.54, 1.807) is 29.1 Å². The van der Waals surface area contributed by atoms with Crippen LogP contribution in [0.4, 0.5) is 5.82 Å². The van der Waals surface area contributed by atoms with Gasteiger partial charge in [-0.2, -0.15) is 0 Å². The predicted molar refractivity (Wildman–Crippen MR) is 87.9 cm³/mol. The van der Waals surface area contributed by atoms with Crippen molar-refractivity contribution in [2.24, 2.45) is 5.92 Å². The molecule has 2 aromatic rings. The molecule has 0 saturated carbocycles. The highest BCUT2D eigenvalue weighted by atomic mass is 16.2. The van der Waals surface area contributed by atoms with E-state index in [0.717, 1.165) is 0 Å². The van der Waals surface area contributed by atoms with Gasteiger partial charge in [-0.3, -0.25) is 4.79 Å². The molecule has 1 aliphatic heterocycles.